The molecule has 0 saturated heterocycles. The van der Waals surface area contributed by atoms with Crippen LogP contribution in [0.4, 0.5) is 10.1 Å². The minimum Gasteiger partial charge on any atom is -0.353 e. The maximum absolute atomic E-state index is 13.4. The number of hydrogen-bond donors (Lipinski definition) is 4. The van der Waals surface area contributed by atoms with Crippen molar-refractivity contribution in [2.45, 2.75) is 24.9 Å². The average Bonchev–Trinajstić information content (AvgIpc) is 3.12. The Morgan fingerprint density at radius 1 is 1.39 bits per heavy atom. The lowest BCUT2D eigenvalue weighted by Crippen LogP contribution is -2.43. The Bertz CT molecular complexity index is 1060. The van der Waals surface area contributed by atoms with Gasteiger partial charge in [0.25, 0.3) is 0 Å². The number of sulfonamides is 1. The number of hydroxylamine groups is 1. The standard InChI is InChI=1S/C16H21BrFN7O4S2/c1-9(2)20-16(25-31(3,27)28)19-6-7-30-15-13(23-29-24-15)14(22-26)21-10-4-5-12(18)11(17)8-10/h4-5,8-9,26H,6-7H2,1-3H3,(H,21,22)(H2,19,20,25). The van der Waals surface area contributed by atoms with E-state index in [1.54, 1.807) is 0 Å². The third-order valence-corrected chi connectivity index (χ3v) is 5.34. The van der Waals surface area contributed by atoms with E-state index in [1.807, 2.05) is 19.3 Å². The molecule has 0 bridgehead atoms. The van der Waals surface area contributed by atoms with Crippen LogP contribution in [0.5, 0.6) is 0 Å². The number of nitrogens with zero attached hydrogens (tertiary/aromatic N) is 4. The van der Waals surface area contributed by atoms with Gasteiger partial charge in [-0.1, -0.05) is 11.8 Å². The maximum Gasteiger partial charge on any atom is 0.232 e. The van der Waals surface area contributed by atoms with E-state index in [4.69, 9.17) is 4.63 Å². The molecule has 0 atom stereocenters. The minimum absolute atomic E-state index is 0.0205. The summed E-state index contributed by atoms with van der Waals surface area (Å²) in [6.45, 7) is 3.95. The molecule has 170 valence electrons. The van der Waals surface area contributed by atoms with Crippen molar-refractivity contribution in [3.05, 3.63) is 34.2 Å². The first-order chi connectivity index (χ1) is 14.6. The Balaban J connectivity index is 2.10. The second kappa shape index (κ2) is 11.4. The Labute approximate surface area is 191 Å². The van der Waals surface area contributed by atoms with Crippen molar-refractivity contribution in [2.75, 3.05) is 18.6 Å². The van der Waals surface area contributed by atoms with Gasteiger partial charge in [0.05, 0.1) is 23.0 Å². The summed E-state index contributed by atoms with van der Waals surface area (Å²) >= 11 is 4.28. The molecule has 0 unspecified atom stereocenters. The van der Waals surface area contributed by atoms with Crippen molar-refractivity contribution in [1.29, 1.82) is 0 Å². The summed E-state index contributed by atoms with van der Waals surface area (Å²) in [6.07, 6.45) is 1.04. The monoisotopic (exact) mass is 537 g/mol. The number of halogens is 2. The Morgan fingerprint density at radius 2 is 2.13 bits per heavy atom. The van der Waals surface area contributed by atoms with E-state index in [2.05, 4.69) is 46.3 Å². The number of aromatic nitrogens is 2. The van der Waals surface area contributed by atoms with Crippen LogP contribution < -0.4 is 15.5 Å². The molecule has 0 spiro atoms. The number of nitrogens with one attached hydrogen (secondary N) is 3. The van der Waals surface area contributed by atoms with Gasteiger partial charge in [-0.15, -0.1) is 0 Å². The first-order valence-electron chi connectivity index (χ1n) is 8.77. The lowest BCUT2D eigenvalue weighted by molar-refractivity contribution is 0.234. The van der Waals surface area contributed by atoms with E-state index >= 15 is 0 Å². The van der Waals surface area contributed by atoms with Crippen molar-refractivity contribution in [1.82, 2.24) is 25.8 Å². The summed E-state index contributed by atoms with van der Waals surface area (Å²) in [5, 5.41) is 20.2. The summed E-state index contributed by atoms with van der Waals surface area (Å²) in [5.74, 6) is 0.0370. The van der Waals surface area contributed by atoms with Crippen LogP contribution in [0.1, 0.15) is 19.5 Å². The molecule has 0 fully saturated rings. The number of hydrogen-bond acceptors (Lipinski definition) is 9. The predicted octanol–water partition coefficient (Wildman–Crippen LogP) is 2.02. The highest BCUT2D eigenvalue weighted by molar-refractivity contribution is 9.10. The van der Waals surface area contributed by atoms with Crippen LogP contribution in [0.25, 0.3) is 0 Å². The molecule has 1 heterocycles. The first kappa shape index (κ1) is 25.0. The van der Waals surface area contributed by atoms with Crippen molar-refractivity contribution in [3.8, 4) is 0 Å². The van der Waals surface area contributed by atoms with Gasteiger partial charge in [0.1, 0.15) is 5.82 Å². The molecular weight excluding hydrogens is 517 g/mol. The fourth-order valence-corrected chi connectivity index (χ4v) is 3.66. The van der Waals surface area contributed by atoms with Gasteiger partial charge >= 0.3 is 0 Å². The van der Waals surface area contributed by atoms with Gasteiger partial charge in [-0.2, -0.15) is 0 Å². The molecule has 4 N–H and O–H groups in total. The lowest BCUT2D eigenvalue weighted by Gasteiger charge is -2.13. The molecule has 2 aromatic rings. The Morgan fingerprint density at radius 3 is 2.74 bits per heavy atom. The van der Waals surface area contributed by atoms with E-state index < -0.39 is 15.8 Å². The zero-order chi connectivity index (χ0) is 23.0. The van der Waals surface area contributed by atoms with Gasteiger partial charge in [-0.3, -0.25) is 20.4 Å². The highest BCUT2D eigenvalue weighted by Crippen LogP contribution is 2.24. The van der Waals surface area contributed by atoms with Gasteiger partial charge in [-0.25, -0.2) is 22.4 Å². The topological polar surface area (TPSA) is 154 Å². The van der Waals surface area contributed by atoms with Crippen LogP contribution in [0, 0.1) is 5.82 Å². The van der Waals surface area contributed by atoms with Crippen LogP contribution in [0.2, 0.25) is 0 Å². The SMILES string of the molecule is CC(C)NC(=NCCSc1nonc1C(=Nc1ccc(F)c(Br)c1)NO)NS(C)(=O)=O. The van der Waals surface area contributed by atoms with Gasteiger partial charge < -0.3 is 5.32 Å². The molecule has 0 saturated carbocycles. The van der Waals surface area contributed by atoms with Crippen molar-refractivity contribution in [3.63, 3.8) is 0 Å². The van der Waals surface area contributed by atoms with Gasteiger partial charge in [0, 0.05) is 11.8 Å². The van der Waals surface area contributed by atoms with E-state index in [-0.39, 0.29) is 34.5 Å². The van der Waals surface area contributed by atoms with Crippen molar-refractivity contribution >= 4 is 55.2 Å². The third-order valence-electron chi connectivity index (χ3n) is 3.24. The minimum atomic E-state index is -3.47. The van der Waals surface area contributed by atoms with Gasteiger partial charge in [0.2, 0.25) is 16.0 Å². The summed E-state index contributed by atoms with van der Waals surface area (Å²) in [7, 11) is -3.47. The lowest BCUT2D eigenvalue weighted by atomic mass is 10.3. The van der Waals surface area contributed by atoms with E-state index in [9.17, 15) is 18.0 Å². The number of guanidine groups is 1. The largest absolute Gasteiger partial charge is 0.353 e. The number of aliphatic imine (C=N–C) groups is 2. The number of thioether (sulfide) groups is 1. The molecule has 1 aromatic heterocycles. The fraction of sp³-hybridized carbons (Fsp3) is 0.375. The second-order valence-electron chi connectivity index (χ2n) is 6.34. The summed E-state index contributed by atoms with van der Waals surface area (Å²) in [6, 6.07) is 4.05. The maximum atomic E-state index is 13.4. The number of amidine groups is 1. The van der Waals surface area contributed by atoms with Crippen molar-refractivity contribution < 1.29 is 22.6 Å². The third kappa shape index (κ3) is 8.43. The van der Waals surface area contributed by atoms with Crippen LogP contribution in [0.15, 0.2) is 42.3 Å². The predicted molar refractivity (Wildman–Crippen MR) is 119 cm³/mol. The normalized spacial score (nSPS) is 12.9. The molecule has 0 aliphatic heterocycles. The van der Waals surface area contributed by atoms with Gasteiger partial charge in [0.15, 0.2) is 16.6 Å². The van der Waals surface area contributed by atoms with Gasteiger partial charge in [-0.05, 0) is 58.3 Å². The highest BCUT2D eigenvalue weighted by Gasteiger charge is 2.17. The van der Waals surface area contributed by atoms with Crippen LogP contribution in [-0.4, -0.2) is 60.3 Å². The number of benzene rings is 1. The molecule has 0 amide bonds. The summed E-state index contributed by atoms with van der Waals surface area (Å²) in [5.41, 5.74) is 2.43. The zero-order valence-corrected chi connectivity index (χ0v) is 20.0. The average molecular weight is 538 g/mol. The molecule has 15 heteroatoms. The molecule has 1 aromatic carbocycles. The van der Waals surface area contributed by atoms with Crippen LogP contribution >= 0.6 is 27.7 Å². The summed E-state index contributed by atoms with van der Waals surface area (Å²) < 4.78 is 43.6. The van der Waals surface area contributed by atoms with E-state index in [0.29, 0.717) is 16.5 Å². The van der Waals surface area contributed by atoms with E-state index in [0.717, 1.165) is 6.26 Å². The zero-order valence-electron chi connectivity index (χ0n) is 16.8. The smallest absolute Gasteiger partial charge is 0.232 e. The molecular formula is C16H21BrFN7O4S2. The van der Waals surface area contributed by atoms with Crippen LogP contribution in [-0.2, 0) is 10.0 Å². The molecule has 0 radical (unpaired) electrons. The first-order valence-corrected chi connectivity index (χ1v) is 12.4. The fourth-order valence-electron chi connectivity index (χ4n) is 2.09. The Kier molecular flexibility index (Phi) is 9.21. The quantitative estimate of drug-likeness (QED) is 0.130. The molecule has 0 aliphatic carbocycles. The van der Waals surface area contributed by atoms with E-state index in [1.165, 1.54) is 30.0 Å². The molecule has 0 aliphatic rings. The highest BCUT2D eigenvalue weighted by atomic mass is 79.9. The molecule has 2 rings (SSSR count). The number of rotatable bonds is 8. The Hall–Kier alpha value is -2.23. The van der Waals surface area contributed by atoms with Crippen LogP contribution in [0.3, 0.4) is 0 Å². The van der Waals surface area contributed by atoms with Crippen molar-refractivity contribution in [2.24, 2.45) is 9.98 Å². The molecule has 11 nitrogen and oxygen atoms in total. The molecule has 31 heavy (non-hydrogen) atoms. The second-order valence-corrected chi connectivity index (χ2v) is 10.0. The summed E-state index contributed by atoms with van der Waals surface area (Å²) in [4.78, 5) is 8.39.